The van der Waals surface area contributed by atoms with Gasteiger partial charge in [-0.25, -0.2) is 0 Å². The van der Waals surface area contributed by atoms with Crippen LogP contribution in [0.3, 0.4) is 0 Å². The van der Waals surface area contributed by atoms with E-state index in [0.29, 0.717) is 17.8 Å². The summed E-state index contributed by atoms with van der Waals surface area (Å²) in [4.78, 5) is 36.9. The molecular formula is C18H13N3O4. The van der Waals surface area contributed by atoms with Gasteiger partial charge in [0.1, 0.15) is 5.70 Å². The molecule has 2 heterocycles. The topological polar surface area (TPSA) is 92.6 Å². The number of benzene rings is 2. The summed E-state index contributed by atoms with van der Waals surface area (Å²) in [6.45, 7) is 0.603. The highest BCUT2D eigenvalue weighted by Crippen LogP contribution is 2.36. The Morgan fingerprint density at radius 3 is 2.44 bits per heavy atom. The second-order valence-electron chi connectivity index (χ2n) is 5.84. The number of nitro benzene ring substituents is 1. The van der Waals surface area contributed by atoms with Gasteiger partial charge in [0.2, 0.25) is 0 Å². The molecular weight excluding hydrogens is 322 g/mol. The molecule has 2 aliphatic heterocycles. The minimum absolute atomic E-state index is 0.0675. The van der Waals surface area contributed by atoms with Crippen LogP contribution in [0.5, 0.6) is 0 Å². The molecule has 7 nitrogen and oxygen atoms in total. The maximum atomic E-state index is 12.4. The van der Waals surface area contributed by atoms with Crippen LogP contribution < -0.4 is 10.2 Å². The number of hydrogen-bond donors (Lipinski definition) is 1. The van der Waals surface area contributed by atoms with Gasteiger partial charge in [-0.15, -0.1) is 0 Å². The molecule has 7 heteroatoms. The molecule has 0 atom stereocenters. The quantitative estimate of drug-likeness (QED) is 0.526. The van der Waals surface area contributed by atoms with Crippen molar-refractivity contribution in [3.63, 3.8) is 0 Å². The van der Waals surface area contributed by atoms with Crippen LogP contribution in [0.4, 0.5) is 11.4 Å². The Labute approximate surface area is 142 Å². The van der Waals surface area contributed by atoms with Crippen LogP contribution >= 0.6 is 0 Å². The van der Waals surface area contributed by atoms with Crippen LogP contribution in [0.1, 0.15) is 11.1 Å². The largest absolute Gasteiger partial charge is 0.336 e. The van der Waals surface area contributed by atoms with E-state index in [2.05, 4.69) is 5.32 Å². The second-order valence-corrected chi connectivity index (χ2v) is 5.84. The number of nitro groups is 1. The van der Waals surface area contributed by atoms with E-state index in [9.17, 15) is 19.7 Å². The molecule has 0 saturated carbocycles. The average molecular weight is 335 g/mol. The summed E-state index contributed by atoms with van der Waals surface area (Å²) in [5.74, 6) is -0.937. The van der Waals surface area contributed by atoms with Crippen LogP contribution in [0.15, 0.2) is 54.2 Å². The molecule has 124 valence electrons. The summed E-state index contributed by atoms with van der Waals surface area (Å²) in [5, 5.41) is 13.1. The van der Waals surface area contributed by atoms with Crippen LogP contribution in [0, 0.1) is 10.1 Å². The molecule has 2 aromatic carbocycles. The molecule has 25 heavy (non-hydrogen) atoms. The fourth-order valence-electron chi connectivity index (χ4n) is 3.29. The van der Waals surface area contributed by atoms with Gasteiger partial charge in [0, 0.05) is 24.4 Å². The van der Waals surface area contributed by atoms with Crippen molar-refractivity contribution in [1.82, 2.24) is 5.32 Å². The van der Waals surface area contributed by atoms with Gasteiger partial charge >= 0.3 is 0 Å². The van der Waals surface area contributed by atoms with Gasteiger partial charge in [-0.1, -0.05) is 18.2 Å². The van der Waals surface area contributed by atoms with E-state index in [0.717, 1.165) is 17.7 Å². The van der Waals surface area contributed by atoms with E-state index in [1.54, 1.807) is 0 Å². The molecule has 2 amide bonds. The zero-order valence-corrected chi connectivity index (χ0v) is 13.1. The summed E-state index contributed by atoms with van der Waals surface area (Å²) in [7, 11) is 0. The third kappa shape index (κ3) is 2.37. The van der Waals surface area contributed by atoms with E-state index < -0.39 is 16.7 Å². The standard InChI is InChI=1S/C18H13N3O4/c22-17-15(12-5-7-13(8-6-12)21(24)25)16(18(23)19-17)20-10-9-11-3-1-2-4-14(11)20/h1-8H,9-10H2,(H,19,22,23). The fraction of sp³-hybridized carbons (Fsp3) is 0.111. The number of anilines is 1. The number of non-ortho nitro benzene ring substituents is 1. The lowest BCUT2D eigenvalue weighted by Gasteiger charge is -2.20. The molecule has 1 N–H and O–H groups in total. The monoisotopic (exact) mass is 335 g/mol. The first-order valence-corrected chi connectivity index (χ1v) is 7.76. The van der Waals surface area contributed by atoms with Crippen LogP contribution in [-0.2, 0) is 16.0 Å². The molecule has 2 aliphatic rings. The molecule has 0 spiro atoms. The number of carbonyl (C=O) groups is 2. The van der Waals surface area contributed by atoms with Crippen molar-refractivity contribution in [3.8, 4) is 0 Å². The Balaban J connectivity index is 1.84. The van der Waals surface area contributed by atoms with E-state index in [1.807, 2.05) is 29.2 Å². The van der Waals surface area contributed by atoms with Crippen molar-refractivity contribution in [2.75, 3.05) is 11.4 Å². The first-order valence-electron chi connectivity index (χ1n) is 7.76. The molecule has 0 unspecified atom stereocenters. The summed E-state index contributed by atoms with van der Waals surface area (Å²) in [6, 6.07) is 13.4. The van der Waals surface area contributed by atoms with Crippen molar-refractivity contribution in [1.29, 1.82) is 0 Å². The molecule has 2 aromatic rings. The van der Waals surface area contributed by atoms with Gasteiger partial charge in [-0.3, -0.25) is 25.0 Å². The SMILES string of the molecule is O=C1NC(=O)C(N2CCc3ccccc32)=C1c1ccc([N+](=O)[O-])cc1. The van der Waals surface area contributed by atoms with E-state index in [4.69, 9.17) is 0 Å². The number of para-hydroxylation sites is 1. The lowest BCUT2D eigenvalue weighted by Crippen LogP contribution is -2.29. The fourth-order valence-corrected chi connectivity index (χ4v) is 3.29. The van der Waals surface area contributed by atoms with Crippen molar-refractivity contribution < 1.29 is 14.5 Å². The third-order valence-corrected chi connectivity index (χ3v) is 4.43. The molecule has 0 bridgehead atoms. The average Bonchev–Trinajstić information content (AvgIpc) is 3.15. The Morgan fingerprint density at radius 2 is 1.72 bits per heavy atom. The summed E-state index contributed by atoms with van der Waals surface area (Å²) in [6.07, 6.45) is 0.786. The van der Waals surface area contributed by atoms with Crippen molar-refractivity contribution in [3.05, 3.63) is 75.5 Å². The van der Waals surface area contributed by atoms with Gasteiger partial charge in [0.25, 0.3) is 17.5 Å². The molecule has 0 radical (unpaired) electrons. The normalized spacial score (nSPS) is 16.2. The number of amides is 2. The molecule has 0 aromatic heterocycles. The zero-order chi connectivity index (χ0) is 17.6. The van der Waals surface area contributed by atoms with Crippen molar-refractivity contribution in [2.24, 2.45) is 0 Å². The van der Waals surface area contributed by atoms with E-state index >= 15 is 0 Å². The van der Waals surface area contributed by atoms with Gasteiger partial charge in [0.05, 0.1) is 10.5 Å². The van der Waals surface area contributed by atoms with Crippen LogP contribution in [0.25, 0.3) is 5.57 Å². The van der Waals surface area contributed by atoms with Crippen LogP contribution in [-0.4, -0.2) is 23.3 Å². The summed E-state index contributed by atoms with van der Waals surface area (Å²) >= 11 is 0. The minimum Gasteiger partial charge on any atom is -0.336 e. The predicted molar refractivity (Wildman–Crippen MR) is 90.7 cm³/mol. The minimum atomic E-state index is -0.504. The van der Waals surface area contributed by atoms with Crippen molar-refractivity contribution >= 4 is 28.8 Å². The Hall–Kier alpha value is -3.48. The second kappa shape index (κ2) is 5.55. The number of imide groups is 1. The van der Waals surface area contributed by atoms with Gasteiger partial charge in [0.15, 0.2) is 0 Å². The Bertz CT molecular complexity index is 947. The molecule has 0 saturated heterocycles. The lowest BCUT2D eigenvalue weighted by atomic mass is 10.0. The highest BCUT2D eigenvalue weighted by molar-refractivity contribution is 6.37. The number of hydrogen-bond acceptors (Lipinski definition) is 5. The third-order valence-electron chi connectivity index (χ3n) is 4.43. The summed E-state index contributed by atoms with van der Waals surface area (Å²) in [5.41, 5.74) is 2.97. The highest BCUT2D eigenvalue weighted by atomic mass is 16.6. The molecule has 0 fully saturated rings. The van der Waals surface area contributed by atoms with E-state index in [1.165, 1.54) is 24.3 Å². The zero-order valence-electron chi connectivity index (χ0n) is 13.1. The van der Waals surface area contributed by atoms with Gasteiger partial charge in [-0.05, 0) is 35.7 Å². The van der Waals surface area contributed by atoms with E-state index in [-0.39, 0.29) is 11.3 Å². The summed E-state index contributed by atoms with van der Waals surface area (Å²) < 4.78 is 0. The van der Waals surface area contributed by atoms with Crippen LogP contribution in [0.2, 0.25) is 0 Å². The highest BCUT2D eigenvalue weighted by Gasteiger charge is 2.37. The van der Waals surface area contributed by atoms with Crippen molar-refractivity contribution in [2.45, 2.75) is 6.42 Å². The lowest BCUT2D eigenvalue weighted by molar-refractivity contribution is -0.384. The first-order chi connectivity index (χ1) is 12.1. The number of nitrogens with one attached hydrogen (secondary N) is 1. The maximum Gasteiger partial charge on any atom is 0.275 e. The number of carbonyl (C=O) groups excluding carboxylic acids is 2. The maximum absolute atomic E-state index is 12.4. The first kappa shape index (κ1) is 15.1. The van der Waals surface area contributed by atoms with Gasteiger partial charge < -0.3 is 4.90 Å². The number of rotatable bonds is 3. The Morgan fingerprint density at radius 1 is 1.00 bits per heavy atom. The molecule has 4 rings (SSSR count). The van der Waals surface area contributed by atoms with Gasteiger partial charge in [-0.2, -0.15) is 0 Å². The predicted octanol–water partition coefficient (Wildman–Crippen LogP) is 2.02. The number of nitrogens with zero attached hydrogens (tertiary/aromatic N) is 2. The Kier molecular flexibility index (Phi) is 3.35. The molecule has 0 aliphatic carbocycles. The number of fused-ring (bicyclic) bond motifs is 1. The smallest absolute Gasteiger partial charge is 0.275 e.